The van der Waals surface area contributed by atoms with Crippen molar-refractivity contribution in [3.63, 3.8) is 0 Å². The van der Waals surface area contributed by atoms with Crippen molar-refractivity contribution in [1.82, 2.24) is 9.88 Å². The number of amides is 2. The van der Waals surface area contributed by atoms with E-state index in [2.05, 4.69) is 10.3 Å². The fourth-order valence-corrected chi connectivity index (χ4v) is 2.38. The van der Waals surface area contributed by atoms with E-state index in [1.54, 1.807) is 41.6 Å². The van der Waals surface area contributed by atoms with Gasteiger partial charge in [-0.05, 0) is 29.8 Å². The molecule has 0 bridgehead atoms. The third-order valence-electron chi connectivity index (χ3n) is 3.49. The lowest BCUT2D eigenvalue weighted by atomic mass is 10.1. The zero-order valence-electron chi connectivity index (χ0n) is 11.9. The van der Waals surface area contributed by atoms with Gasteiger partial charge in [0.2, 0.25) is 0 Å². The van der Waals surface area contributed by atoms with Gasteiger partial charge in [0.25, 0.3) is 0 Å². The van der Waals surface area contributed by atoms with E-state index in [1.807, 2.05) is 0 Å². The molecule has 1 N–H and O–H groups in total. The number of carbonyl (C=O) groups is 1. The summed E-state index contributed by atoms with van der Waals surface area (Å²) in [4.78, 5) is 17.9. The summed E-state index contributed by atoms with van der Waals surface area (Å²) in [6, 6.07) is 9.59. The highest BCUT2D eigenvalue weighted by Crippen LogP contribution is 2.23. The van der Waals surface area contributed by atoms with Crippen LogP contribution in [0.4, 0.5) is 14.9 Å². The van der Waals surface area contributed by atoms with E-state index in [-0.39, 0.29) is 18.0 Å². The summed E-state index contributed by atoms with van der Waals surface area (Å²) in [7, 11) is 0. The second-order valence-electron chi connectivity index (χ2n) is 5.03. The van der Waals surface area contributed by atoms with Gasteiger partial charge in [0, 0.05) is 12.7 Å². The van der Waals surface area contributed by atoms with Crippen molar-refractivity contribution in [1.29, 1.82) is 0 Å². The minimum atomic E-state index is -0.316. The van der Waals surface area contributed by atoms with Crippen molar-refractivity contribution in [3.05, 3.63) is 60.2 Å². The number of ether oxygens (including phenoxy) is 1. The second-order valence-corrected chi connectivity index (χ2v) is 5.03. The Morgan fingerprint density at radius 1 is 1.36 bits per heavy atom. The van der Waals surface area contributed by atoms with E-state index >= 15 is 0 Å². The number of anilines is 1. The molecule has 0 unspecified atom stereocenters. The molecule has 2 amide bonds. The van der Waals surface area contributed by atoms with E-state index in [9.17, 15) is 9.18 Å². The molecule has 22 heavy (non-hydrogen) atoms. The van der Waals surface area contributed by atoms with E-state index in [1.165, 1.54) is 12.1 Å². The molecular formula is C16H16FN3O2. The minimum Gasteiger partial charge on any atom is -0.370 e. The van der Waals surface area contributed by atoms with Crippen LogP contribution in [0.1, 0.15) is 11.7 Å². The first kappa shape index (κ1) is 14.5. The van der Waals surface area contributed by atoms with Gasteiger partial charge in [-0.15, -0.1) is 0 Å². The van der Waals surface area contributed by atoms with Crippen LogP contribution in [0.3, 0.4) is 0 Å². The number of aromatic nitrogens is 1. The normalized spacial score (nSPS) is 18.0. The SMILES string of the molecule is O=C(Nc1cccnc1)N1CCO[C@H](c2cccc(F)c2)C1. The standard InChI is InChI=1S/C16H16FN3O2/c17-13-4-1-3-12(9-13)15-11-20(7-8-22-15)16(21)19-14-5-2-6-18-10-14/h1-6,9-10,15H,7-8,11H2,(H,19,21)/t15-/m0/s1. The number of nitrogens with zero attached hydrogens (tertiary/aromatic N) is 2. The highest BCUT2D eigenvalue weighted by atomic mass is 19.1. The Balaban J connectivity index is 1.66. The molecule has 6 heteroatoms. The summed E-state index contributed by atoms with van der Waals surface area (Å²) in [6.07, 6.45) is 2.91. The first-order valence-corrected chi connectivity index (χ1v) is 7.05. The van der Waals surface area contributed by atoms with Crippen LogP contribution in [0, 0.1) is 5.82 Å². The van der Waals surface area contributed by atoms with Gasteiger partial charge in [0.1, 0.15) is 11.9 Å². The molecule has 5 nitrogen and oxygen atoms in total. The van der Waals surface area contributed by atoms with Crippen molar-refractivity contribution in [3.8, 4) is 0 Å². The Hall–Kier alpha value is -2.47. The summed E-state index contributed by atoms with van der Waals surface area (Å²) >= 11 is 0. The second kappa shape index (κ2) is 6.53. The zero-order valence-corrected chi connectivity index (χ0v) is 11.9. The van der Waals surface area contributed by atoms with Crippen LogP contribution in [0.15, 0.2) is 48.8 Å². The van der Waals surface area contributed by atoms with Gasteiger partial charge in [-0.25, -0.2) is 9.18 Å². The lowest BCUT2D eigenvalue weighted by molar-refractivity contribution is -0.0136. The van der Waals surface area contributed by atoms with Crippen LogP contribution < -0.4 is 5.32 Å². The molecule has 1 aliphatic rings. The summed E-state index contributed by atoms with van der Waals surface area (Å²) < 4.78 is 19.0. The number of morpholine rings is 1. The third kappa shape index (κ3) is 3.40. The molecule has 1 aliphatic heterocycles. The van der Waals surface area contributed by atoms with Crippen LogP contribution >= 0.6 is 0 Å². The van der Waals surface area contributed by atoms with Crippen molar-refractivity contribution >= 4 is 11.7 Å². The quantitative estimate of drug-likeness (QED) is 0.928. The Morgan fingerprint density at radius 3 is 3.05 bits per heavy atom. The maximum atomic E-state index is 13.3. The van der Waals surface area contributed by atoms with Crippen LogP contribution in [0.25, 0.3) is 0 Å². The molecule has 1 aromatic carbocycles. The molecule has 114 valence electrons. The van der Waals surface area contributed by atoms with Crippen molar-refractivity contribution in [2.24, 2.45) is 0 Å². The first-order valence-electron chi connectivity index (χ1n) is 7.05. The molecule has 1 saturated heterocycles. The van der Waals surface area contributed by atoms with E-state index in [4.69, 9.17) is 4.74 Å². The number of hydrogen-bond acceptors (Lipinski definition) is 3. The summed E-state index contributed by atoms with van der Waals surface area (Å²) in [6.45, 7) is 1.30. The topological polar surface area (TPSA) is 54.5 Å². The van der Waals surface area contributed by atoms with Crippen molar-refractivity contribution in [2.45, 2.75) is 6.10 Å². The van der Waals surface area contributed by atoms with Crippen molar-refractivity contribution in [2.75, 3.05) is 25.0 Å². The van der Waals surface area contributed by atoms with Gasteiger partial charge in [-0.3, -0.25) is 4.98 Å². The van der Waals surface area contributed by atoms with Gasteiger partial charge < -0.3 is 15.0 Å². The number of pyridine rings is 1. The Labute approximate surface area is 127 Å². The van der Waals surface area contributed by atoms with Crippen LogP contribution in [0.2, 0.25) is 0 Å². The number of urea groups is 1. The Bertz CT molecular complexity index is 651. The lowest BCUT2D eigenvalue weighted by Crippen LogP contribution is -2.44. The lowest BCUT2D eigenvalue weighted by Gasteiger charge is -2.33. The largest absolute Gasteiger partial charge is 0.370 e. The minimum absolute atomic E-state index is 0.210. The summed E-state index contributed by atoms with van der Waals surface area (Å²) in [5.74, 6) is -0.307. The number of nitrogens with one attached hydrogen (secondary N) is 1. The zero-order chi connectivity index (χ0) is 15.4. The Kier molecular flexibility index (Phi) is 4.29. The maximum Gasteiger partial charge on any atom is 0.322 e. The number of halogens is 1. The molecule has 0 spiro atoms. The van der Waals surface area contributed by atoms with Gasteiger partial charge >= 0.3 is 6.03 Å². The number of rotatable bonds is 2. The number of benzene rings is 1. The van der Waals surface area contributed by atoms with E-state index in [0.29, 0.717) is 25.4 Å². The smallest absolute Gasteiger partial charge is 0.322 e. The van der Waals surface area contributed by atoms with Gasteiger partial charge in [0.05, 0.1) is 25.0 Å². The average Bonchev–Trinajstić information content (AvgIpc) is 2.56. The van der Waals surface area contributed by atoms with Crippen LogP contribution in [-0.4, -0.2) is 35.6 Å². The molecule has 1 fully saturated rings. The van der Waals surface area contributed by atoms with Gasteiger partial charge in [0.15, 0.2) is 0 Å². The number of carbonyl (C=O) groups excluding carboxylic acids is 1. The monoisotopic (exact) mass is 301 g/mol. The van der Waals surface area contributed by atoms with Crippen LogP contribution in [-0.2, 0) is 4.74 Å². The Morgan fingerprint density at radius 2 is 2.27 bits per heavy atom. The summed E-state index contributed by atoms with van der Waals surface area (Å²) in [5.41, 5.74) is 1.38. The molecule has 1 aromatic heterocycles. The van der Waals surface area contributed by atoms with Crippen LogP contribution in [0.5, 0.6) is 0 Å². The fourth-order valence-electron chi connectivity index (χ4n) is 2.38. The fraction of sp³-hybridized carbons (Fsp3) is 0.250. The summed E-state index contributed by atoms with van der Waals surface area (Å²) in [5, 5.41) is 2.79. The molecule has 1 atom stereocenters. The highest BCUT2D eigenvalue weighted by Gasteiger charge is 2.25. The molecule has 0 aliphatic carbocycles. The molecule has 0 radical (unpaired) electrons. The van der Waals surface area contributed by atoms with Gasteiger partial charge in [-0.1, -0.05) is 12.1 Å². The third-order valence-corrected chi connectivity index (χ3v) is 3.49. The van der Waals surface area contributed by atoms with Gasteiger partial charge in [-0.2, -0.15) is 0 Å². The average molecular weight is 301 g/mol. The molecule has 2 aromatic rings. The molecular weight excluding hydrogens is 285 g/mol. The predicted molar refractivity (Wildman–Crippen MR) is 79.9 cm³/mol. The predicted octanol–water partition coefficient (Wildman–Crippen LogP) is 2.83. The molecule has 2 heterocycles. The van der Waals surface area contributed by atoms with Crippen molar-refractivity contribution < 1.29 is 13.9 Å². The first-order chi connectivity index (χ1) is 10.7. The molecule has 3 rings (SSSR count). The highest BCUT2D eigenvalue weighted by molar-refractivity contribution is 5.89. The molecule has 0 saturated carbocycles. The maximum absolute atomic E-state index is 13.3. The number of hydrogen-bond donors (Lipinski definition) is 1. The van der Waals surface area contributed by atoms with E-state index < -0.39 is 0 Å². The van der Waals surface area contributed by atoms with E-state index in [0.717, 1.165) is 5.56 Å².